The molecule has 2 atom stereocenters. The highest BCUT2D eigenvalue weighted by molar-refractivity contribution is 4.98. The molecule has 0 saturated carbocycles. The predicted molar refractivity (Wildman–Crippen MR) is 60.6 cm³/mol. The Bertz CT molecular complexity index is 284. The fourth-order valence-corrected chi connectivity index (χ4v) is 2.21. The summed E-state index contributed by atoms with van der Waals surface area (Å²) >= 11 is 0. The topological polar surface area (TPSA) is 28.4 Å². The molecule has 1 saturated heterocycles. The van der Waals surface area contributed by atoms with Crippen LogP contribution in [0.5, 0.6) is 0 Å². The van der Waals surface area contributed by atoms with Gasteiger partial charge in [0.05, 0.1) is 12.8 Å². The molecular weight excluding hydrogens is 188 g/mol. The molecule has 3 nitrogen and oxygen atoms in total. The zero-order valence-electron chi connectivity index (χ0n) is 9.57. The standard InChI is InChI=1S/C12H20N2O/c1-10-5-6-13-12(10)9-14(2)8-11-4-3-7-15-11/h3-4,7,10,12-13H,5-6,8-9H2,1-2H3. The van der Waals surface area contributed by atoms with Crippen LogP contribution in [-0.4, -0.2) is 31.1 Å². The van der Waals surface area contributed by atoms with Gasteiger partial charge in [0.25, 0.3) is 0 Å². The Morgan fingerprint density at radius 1 is 1.60 bits per heavy atom. The molecule has 1 aromatic heterocycles. The van der Waals surface area contributed by atoms with E-state index in [0.29, 0.717) is 6.04 Å². The van der Waals surface area contributed by atoms with E-state index in [4.69, 9.17) is 4.42 Å². The van der Waals surface area contributed by atoms with Gasteiger partial charge < -0.3 is 9.73 Å². The molecule has 3 heteroatoms. The van der Waals surface area contributed by atoms with Crippen molar-refractivity contribution in [3.05, 3.63) is 24.2 Å². The highest BCUT2D eigenvalue weighted by Gasteiger charge is 2.23. The molecule has 1 N–H and O–H groups in total. The molecule has 0 amide bonds. The van der Waals surface area contributed by atoms with Crippen LogP contribution in [-0.2, 0) is 6.54 Å². The summed E-state index contributed by atoms with van der Waals surface area (Å²) in [6, 6.07) is 4.62. The van der Waals surface area contributed by atoms with E-state index in [1.807, 2.05) is 12.1 Å². The van der Waals surface area contributed by atoms with Gasteiger partial charge in [0.15, 0.2) is 0 Å². The van der Waals surface area contributed by atoms with Crippen molar-refractivity contribution in [1.82, 2.24) is 10.2 Å². The van der Waals surface area contributed by atoms with Crippen molar-refractivity contribution in [2.24, 2.45) is 5.92 Å². The molecule has 0 aliphatic carbocycles. The molecule has 0 spiro atoms. The summed E-state index contributed by atoms with van der Waals surface area (Å²) in [6.07, 6.45) is 3.04. The van der Waals surface area contributed by atoms with E-state index in [1.54, 1.807) is 6.26 Å². The number of nitrogens with one attached hydrogen (secondary N) is 1. The fraction of sp³-hybridized carbons (Fsp3) is 0.667. The smallest absolute Gasteiger partial charge is 0.117 e. The number of hydrogen-bond acceptors (Lipinski definition) is 3. The number of hydrogen-bond donors (Lipinski definition) is 1. The third-order valence-corrected chi connectivity index (χ3v) is 3.21. The van der Waals surface area contributed by atoms with Crippen molar-refractivity contribution in [1.29, 1.82) is 0 Å². The molecule has 84 valence electrons. The first kappa shape index (κ1) is 10.7. The molecule has 1 fully saturated rings. The van der Waals surface area contributed by atoms with Crippen molar-refractivity contribution >= 4 is 0 Å². The van der Waals surface area contributed by atoms with Gasteiger partial charge in [-0.3, -0.25) is 4.90 Å². The van der Waals surface area contributed by atoms with Gasteiger partial charge in [0, 0.05) is 12.6 Å². The second-order valence-electron chi connectivity index (χ2n) is 4.60. The Kier molecular flexibility index (Phi) is 3.44. The number of furan rings is 1. The molecule has 0 radical (unpaired) electrons. The maximum Gasteiger partial charge on any atom is 0.117 e. The summed E-state index contributed by atoms with van der Waals surface area (Å²) in [5, 5.41) is 3.54. The molecule has 2 rings (SSSR count). The van der Waals surface area contributed by atoms with Crippen LogP contribution in [0.3, 0.4) is 0 Å². The lowest BCUT2D eigenvalue weighted by Gasteiger charge is -2.22. The van der Waals surface area contributed by atoms with E-state index in [0.717, 1.165) is 24.8 Å². The maximum absolute atomic E-state index is 5.33. The summed E-state index contributed by atoms with van der Waals surface area (Å²) in [7, 11) is 2.15. The van der Waals surface area contributed by atoms with E-state index in [-0.39, 0.29) is 0 Å². The lowest BCUT2D eigenvalue weighted by atomic mass is 10.0. The second kappa shape index (κ2) is 4.81. The Morgan fingerprint density at radius 3 is 3.07 bits per heavy atom. The molecule has 1 aliphatic rings. The van der Waals surface area contributed by atoms with E-state index in [9.17, 15) is 0 Å². The van der Waals surface area contributed by atoms with Crippen molar-refractivity contribution in [3.8, 4) is 0 Å². The van der Waals surface area contributed by atoms with Crippen LogP contribution >= 0.6 is 0 Å². The monoisotopic (exact) mass is 208 g/mol. The van der Waals surface area contributed by atoms with Crippen LogP contribution in [0, 0.1) is 5.92 Å². The van der Waals surface area contributed by atoms with Gasteiger partial charge in [0.2, 0.25) is 0 Å². The van der Waals surface area contributed by atoms with Crippen LogP contribution in [0.15, 0.2) is 22.8 Å². The molecule has 15 heavy (non-hydrogen) atoms. The summed E-state index contributed by atoms with van der Waals surface area (Å²) in [5.74, 6) is 1.84. The highest BCUT2D eigenvalue weighted by Crippen LogP contribution is 2.15. The second-order valence-corrected chi connectivity index (χ2v) is 4.60. The Hall–Kier alpha value is -0.800. The summed E-state index contributed by atoms with van der Waals surface area (Å²) in [5.41, 5.74) is 0. The van der Waals surface area contributed by atoms with Gasteiger partial charge in [-0.15, -0.1) is 0 Å². The van der Waals surface area contributed by atoms with Gasteiger partial charge in [0.1, 0.15) is 5.76 Å². The summed E-state index contributed by atoms with van der Waals surface area (Å²) in [6.45, 7) is 5.49. The van der Waals surface area contributed by atoms with Crippen LogP contribution in [0.2, 0.25) is 0 Å². The van der Waals surface area contributed by atoms with E-state index >= 15 is 0 Å². The van der Waals surface area contributed by atoms with Crippen LogP contribution in [0.1, 0.15) is 19.1 Å². The van der Waals surface area contributed by atoms with Gasteiger partial charge >= 0.3 is 0 Å². The number of rotatable bonds is 4. The lowest BCUT2D eigenvalue weighted by Crippen LogP contribution is -2.37. The summed E-state index contributed by atoms with van der Waals surface area (Å²) < 4.78 is 5.33. The van der Waals surface area contributed by atoms with Gasteiger partial charge in [-0.25, -0.2) is 0 Å². The SMILES string of the molecule is CC1CCNC1CN(C)Cc1ccco1. The average Bonchev–Trinajstić information content (AvgIpc) is 2.79. The number of likely N-dealkylation sites (N-methyl/N-ethyl adjacent to an activating group) is 1. The van der Waals surface area contributed by atoms with E-state index in [1.165, 1.54) is 13.0 Å². The van der Waals surface area contributed by atoms with E-state index < -0.39 is 0 Å². The predicted octanol–water partition coefficient (Wildman–Crippen LogP) is 1.71. The third kappa shape index (κ3) is 2.83. The first-order chi connectivity index (χ1) is 7.25. The molecule has 0 bridgehead atoms. The van der Waals surface area contributed by atoms with Crippen LogP contribution in [0.4, 0.5) is 0 Å². The zero-order valence-corrected chi connectivity index (χ0v) is 9.57. The Balaban J connectivity index is 1.79. The lowest BCUT2D eigenvalue weighted by molar-refractivity contribution is 0.252. The van der Waals surface area contributed by atoms with E-state index in [2.05, 4.69) is 24.2 Å². The normalized spacial score (nSPS) is 26.3. The highest BCUT2D eigenvalue weighted by atomic mass is 16.3. The molecular formula is C12H20N2O. The average molecular weight is 208 g/mol. The minimum atomic E-state index is 0.643. The number of nitrogens with zero attached hydrogens (tertiary/aromatic N) is 1. The minimum Gasteiger partial charge on any atom is -0.468 e. The maximum atomic E-state index is 5.33. The van der Waals surface area contributed by atoms with Crippen molar-refractivity contribution in [3.63, 3.8) is 0 Å². The largest absolute Gasteiger partial charge is 0.468 e. The Morgan fingerprint density at radius 2 is 2.47 bits per heavy atom. The molecule has 2 unspecified atom stereocenters. The van der Waals surface area contributed by atoms with Crippen molar-refractivity contribution in [2.45, 2.75) is 25.9 Å². The first-order valence-electron chi connectivity index (χ1n) is 5.70. The van der Waals surface area contributed by atoms with Crippen LogP contribution in [0.25, 0.3) is 0 Å². The molecule has 2 heterocycles. The minimum absolute atomic E-state index is 0.643. The van der Waals surface area contributed by atoms with Crippen molar-refractivity contribution < 1.29 is 4.42 Å². The van der Waals surface area contributed by atoms with Gasteiger partial charge in [-0.1, -0.05) is 6.92 Å². The molecule has 1 aromatic rings. The fourth-order valence-electron chi connectivity index (χ4n) is 2.21. The van der Waals surface area contributed by atoms with Gasteiger partial charge in [-0.2, -0.15) is 0 Å². The Labute approximate surface area is 91.4 Å². The van der Waals surface area contributed by atoms with Gasteiger partial charge in [-0.05, 0) is 38.1 Å². The van der Waals surface area contributed by atoms with Crippen LogP contribution < -0.4 is 5.32 Å². The third-order valence-electron chi connectivity index (χ3n) is 3.21. The zero-order chi connectivity index (χ0) is 10.7. The van der Waals surface area contributed by atoms with Crippen molar-refractivity contribution in [2.75, 3.05) is 20.1 Å². The molecule has 1 aliphatic heterocycles. The first-order valence-corrected chi connectivity index (χ1v) is 5.70. The summed E-state index contributed by atoms with van der Waals surface area (Å²) in [4.78, 5) is 2.32. The quantitative estimate of drug-likeness (QED) is 0.816. The molecule has 0 aromatic carbocycles.